The van der Waals surface area contributed by atoms with E-state index in [-0.39, 0.29) is 5.56 Å². The summed E-state index contributed by atoms with van der Waals surface area (Å²) < 4.78 is 0. The second-order valence-electron chi connectivity index (χ2n) is 3.18. The Hall–Kier alpha value is -2.20. The second kappa shape index (κ2) is 4.55. The average Bonchev–Trinajstić information content (AvgIpc) is 2.39. The molecular weight excluding hydrogens is 206 g/mol. The van der Waals surface area contributed by atoms with E-state index in [0.29, 0.717) is 0 Å². The lowest BCUT2D eigenvalue weighted by Gasteiger charge is -2.01. The number of hydrogen-bond donors (Lipinski definition) is 1. The van der Waals surface area contributed by atoms with Crippen LogP contribution in [0, 0.1) is 0 Å². The maximum absolute atomic E-state index is 10.9. The Balaban J connectivity index is 2.30. The molecule has 0 bridgehead atoms. The molecule has 2 aromatic rings. The zero-order chi connectivity index (χ0) is 11.4. The predicted octanol–water partition coefficient (Wildman–Crippen LogP) is 2.38. The summed E-state index contributed by atoms with van der Waals surface area (Å²) in [5.41, 5.74) is 1.93. The van der Waals surface area contributed by atoms with E-state index in [1.165, 1.54) is 6.20 Å². The Morgan fingerprint density at radius 1 is 1.12 bits per heavy atom. The van der Waals surface area contributed by atoms with Crippen LogP contribution in [0.15, 0.2) is 48.7 Å². The van der Waals surface area contributed by atoms with Crippen LogP contribution >= 0.6 is 0 Å². The largest absolute Gasteiger partial charge is 0.374 e. The molecule has 0 aliphatic carbocycles. The highest BCUT2D eigenvalue weighted by Gasteiger charge is 2.07. The highest BCUT2D eigenvalue weighted by molar-refractivity contribution is 5.88. The van der Waals surface area contributed by atoms with Gasteiger partial charge in [-0.05, 0) is 12.1 Å². The van der Waals surface area contributed by atoms with Crippen molar-refractivity contribution in [3.8, 4) is 11.3 Å². The first-order valence-corrected chi connectivity index (χ1v) is 4.68. The maximum atomic E-state index is 10.9. The lowest BCUT2D eigenvalue weighted by Crippen LogP contribution is -2.01. The summed E-state index contributed by atoms with van der Waals surface area (Å²) in [6.07, 6.45) is 1.36. The molecule has 1 N–H and O–H groups in total. The molecule has 1 aromatic carbocycles. The first-order chi connectivity index (χ1) is 7.81. The van der Waals surface area contributed by atoms with Gasteiger partial charge in [0.25, 0.3) is 0 Å². The summed E-state index contributed by atoms with van der Waals surface area (Å²) >= 11 is 0. The molecule has 80 valence electrons. The molecule has 0 atom stereocenters. The molecule has 0 aliphatic heterocycles. The van der Waals surface area contributed by atoms with Gasteiger partial charge in [0.2, 0.25) is 0 Å². The number of nitrogens with zero attached hydrogens (tertiary/aromatic N) is 1. The molecule has 0 aliphatic rings. The summed E-state index contributed by atoms with van der Waals surface area (Å²) in [5.74, 6) is -0.813. The zero-order valence-electron chi connectivity index (χ0n) is 8.33. The van der Waals surface area contributed by atoms with E-state index in [1.807, 2.05) is 30.3 Å². The minimum absolute atomic E-state index is 0.210. The molecule has 0 saturated carbocycles. The Morgan fingerprint density at radius 3 is 2.44 bits per heavy atom. The fourth-order valence-electron chi connectivity index (χ4n) is 1.35. The average molecular weight is 215 g/mol. The molecule has 4 nitrogen and oxygen atoms in total. The SMILES string of the molecule is O=C(OO)c1ccc(-c2ccccc2)nc1. The van der Waals surface area contributed by atoms with Gasteiger partial charge in [0, 0.05) is 11.8 Å². The summed E-state index contributed by atoms with van der Waals surface area (Å²) in [4.78, 5) is 18.7. The standard InChI is InChI=1S/C12H9NO3/c14-12(16-15)10-6-7-11(13-8-10)9-4-2-1-3-5-9/h1-8,15H. The molecule has 0 saturated heterocycles. The van der Waals surface area contributed by atoms with Gasteiger partial charge >= 0.3 is 5.97 Å². The Morgan fingerprint density at radius 2 is 1.88 bits per heavy atom. The van der Waals surface area contributed by atoms with Gasteiger partial charge in [-0.2, -0.15) is 5.26 Å². The summed E-state index contributed by atoms with van der Waals surface area (Å²) in [6, 6.07) is 12.8. The molecule has 0 radical (unpaired) electrons. The third-order valence-electron chi connectivity index (χ3n) is 2.15. The van der Waals surface area contributed by atoms with Gasteiger partial charge in [0.05, 0.1) is 11.3 Å². The van der Waals surface area contributed by atoms with Crippen LogP contribution in [0.2, 0.25) is 0 Å². The van der Waals surface area contributed by atoms with E-state index in [1.54, 1.807) is 12.1 Å². The third-order valence-corrected chi connectivity index (χ3v) is 2.15. The quantitative estimate of drug-likeness (QED) is 0.617. The topological polar surface area (TPSA) is 59.4 Å². The van der Waals surface area contributed by atoms with Gasteiger partial charge in [-0.1, -0.05) is 30.3 Å². The van der Waals surface area contributed by atoms with Gasteiger partial charge in [-0.25, -0.2) is 4.79 Å². The van der Waals surface area contributed by atoms with E-state index >= 15 is 0 Å². The summed E-state index contributed by atoms with van der Waals surface area (Å²) in [7, 11) is 0. The molecule has 1 heterocycles. The van der Waals surface area contributed by atoms with Crippen LogP contribution in [0.25, 0.3) is 11.3 Å². The number of benzene rings is 1. The van der Waals surface area contributed by atoms with Crippen LogP contribution < -0.4 is 0 Å². The fourth-order valence-corrected chi connectivity index (χ4v) is 1.35. The summed E-state index contributed by atoms with van der Waals surface area (Å²) in [5, 5.41) is 8.20. The van der Waals surface area contributed by atoms with E-state index < -0.39 is 5.97 Å². The number of aromatic nitrogens is 1. The monoisotopic (exact) mass is 215 g/mol. The Kier molecular flexibility index (Phi) is 2.93. The van der Waals surface area contributed by atoms with Crippen molar-refractivity contribution in [1.82, 2.24) is 4.98 Å². The number of carbonyl (C=O) groups is 1. The number of hydrogen-bond acceptors (Lipinski definition) is 4. The minimum Gasteiger partial charge on any atom is -0.295 e. The molecule has 4 heteroatoms. The van der Waals surface area contributed by atoms with Crippen LogP contribution in [0.4, 0.5) is 0 Å². The van der Waals surface area contributed by atoms with Crippen LogP contribution in [0.5, 0.6) is 0 Å². The predicted molar refractivity (Wildman–Crippen MR) is 57.7 cm³/mol. The molecule has 2 rings (SSSR count). The van der Waals surface area contributed by atoms with Gasteiger partial charge in [0.15, 0.2) is 0 Å². The van der Waals surface area contributed by atoms with Crippen LogP contribution in [-0.4, -0.2) is 16.2 Å². The molecule has 0 amide bonds. The van der Waals surface area contributed by atoms with E-state index in [4.69, 9.17) is 5.26 Å². The van der Waals surface area contributed by atoms with Crippen LogP contribution in [0.1, 0.15) is 10.4 Å². The second-order valence-corrected chi connectivity index (χ2v) is 3.18. The van der Waals surface area contributed by atoms with Crippen molar-refractivity contribution in [3.05, 3.63) is 54.2 Å². The lowest BCUT2D eigenvalue weighted by atomic mass is 10.1. The van der Waals surface area contributed by atoms with Crippen molar-refractivity contribution in [1.29, 1.82) is 0 Å². The van der Waals surface area contributed by atoms with Crippen molar-refractivity contribution >= 4 is 5.97 Å². The van der Waals surface area contributed by atoms with Gasteiger partial charge in [0.1, 0.15) is 0 Å². The number of pyridine rings is 1. The van der Waals surface area contributed by atoms with Crippen molar-refractivity contribution < 1.29 is 14.9 Å². The first-order valence-electron chi connectivity index (χ1n) is 4.68. The van der Waals surface area contributed by atoms with Crippen LogP contribution in [0.3, 0.4) is 0 Å². The fraction of sp³-hybridized carbons (Fsp3) is 0. The molecule has 0 fully saturated rings. The normalized spacial score (nSPS) is 9.81. The molecule has 0 spiro atoms. The van der Waals surface area contributed by atoms with Crippen LogP contribution in [-0.2, 0) is 4.89 Å². The third kappa shape index (κ3) is 2.07. The van der Waals surface area contributed by atoms with Crippen molar-refractivity contribution in [2.24, 2.45) is 0 Å². The number of rotatable bonds is 2. The minimum atomic E-state index is -0.813. The van der Waals surface area contributed by atoms with Crippen molar-refractivity contribution in [2.45, 2.75) is 0 Å². The molecule has 1 aromatic heterocycles. The first kappa shape index (κ1) is 10.3. The highest BCUT2D eigenvalue weighted by Crippen LogP contribution is 2.16. The number of carbonyl (C=O) groups excluding carboxylic acids is 1. The highest BCUT2D eigenvalue weighted by atomic mass is 17.1. The Labute approximate surface area is 92.1 Å². The lowest BCUT2D eigenvalue weighted by molar-refractivity contribution is -0.182. The van der Waals surface area contributed by atoms with E-state index in [9.17, 15) is 4.79 Å². The van der Waals surface area contributed by atoms with Gasteiger partial charge < -0.3 is 0 Å². The van der Waals surface area contributed by atoms with Crippen molar-refractivity contribution in [2.75, 3.05) is 0 Å². The van der Waals surface area contributed by atoms with Gasteiger partial charge in [-0.3, -0.25) is 9.87 Å². The molecular formula is C12H9NO3. The van der Waals surface area contributed by atoms with E-state index in [0.717, 1.165) is 11.3 Å². The molecule has 16 heavy (non-hydrogen) atoms. The zero-order valence-corrected chi connectivity index (χ0v) is 8.33. The maximum Gasteiger partial charge on any atom is 0.374 e. The summed E-state index contributed by atoms with van der Waals surface area (Å²) in [6.45, 7) is 0. The van der Waals surface area contributed by atoms with Crippen molar-refractivity contribution in [3.63, 3.8) is 0 Å². The van der Waals surface area contributed by atoms with Gasteiger partial charge in [-0.15, -0.1) is 0 Å². The smallest absolute Gasteiger partial charge is 0.295 e. The van der Waals surface area contributed by atoms with E-state index in [2.05, 4.69) is 9.87 Å². The Bertz CT molecular complexity index is 479. The molecule has 0 unspecified atom stereocenters.